The summed E-state index contributed by atoms with van der Waals surface area (Å²) >= 11 is 5.61. The van der Waals surface area contributed by atoms with Gasteiger partial charge in [0.25, 0.3) is 5.91 Å². The standard InChI is InChI=1S/C12H14ClNO/c13-7-3-4-8-14-9-10-5-1-2-6-11(10)12(14)15/h1-2,5-6H,3-4,7-9H2. The van der Waals surface area contributed by atoms with Crippen molar-refractivity contribution in [2.45, 2.75) is 19.4 Å². The first-order valence-electron chi connectivity index (χ1n) is 5.26. The molecule has 15 heavy (non-hydrogen) atoms. The van der Waals surface area contributed by atoms with Gasteiger partial charge in [0.05, 0.1) is 0 Å². The van der Waals surface area contributed by atoms with Gasteiger partial charge in [0, 0.05) is 24.5 Å². The van der Waals surface area contributed by atoms with Crippen LogP contribution in [0.4, 0.5) is 0 Å². The normalized spacial score (nSPS) is 14.5. The molecule has 0 fully saturated rings. The minimum atomic E-state index is 0.167. The number of carbonyl (C=O) groups excluding carboxylic acids is 1. The van der Waals surface area contributed by atoms with Crippen LogP contribution in [0.25, 0.3) is 0 Å². The van der Waals surface area contributed by atoms with Crippen LogP contribution in [0, 0.1) is 0 Å². The van der Waals surface area contributed by atoms with Crippen molar-refractivity contribution in [3.63, 3.8) is 0 Å². The molecule has 2 nitrogen and oxygen atoms in total. The molecular weight excluding hydrogens is 210 g/mol. The highest BCUT2D eigenvalue weighted by molar-refractivity contribution is 6.17. The average molecular weight is 224 g/mol. The highest BCUT2D eigenvalue weighted by Gasteiger charge is 2.25. The molecule has 0 bridgehead atoms. The number of alkyl halides is 1. The van der Waals surface area contributed by atoms with Crippen LogP contribution >= 0.6 is 11.6 Å². The first kappa shape index (κ1) is 10.5. The number of unbranched alkanes of at least 4 members (excludes halogenated alkanes) is 1. The number of nitrogens with zero attached hydrogens (tertiary/aromatic N) is 1. The van der Waals surface area contributed by atoms with E-state index in [1.807, 2.05) is 29.2 Å². The van der Waals surface area contributed by atoms with E-state index in [1.54, 1.807) is 0 Å². The van der Waals surface area contributed by atoms with Crippen LogP contribution in [-0.4, -0.2) is 23.2 Å². The topological polar surface area (TPSA) is 20.3 Å². The molecule has 0 spiro atoms. The maximum absolute atomic E-state index is 11.9. The Labute approximate surface area is 94.8 Å². The maximum atomic E-state index is 11.9. The Bertz CT molecular complexity index is 364. The molecule has 1 aliphatic heterocycles. The summed E-state index contributed by atoms with van der Waals surface area (Å²) in [5.74, 6) is 0.842. The third kappa shape index (κ3) is 2.15. The number of hydrogen-bond donors (Lipinski definition) is 0. The highest BCUT2D eigenvalue weighted by Crippen LogP contribution is 2.22. The van der Waals surface area contributed by atoms with E-state index < -0.39 is 0 Å². The zero-order chi connectivity index (χ0) is 10.7. The van der Waals surface area contributed by atoms with Gasteiger partial charge in [0.1, 0.15) is 0 Å². The van der Waals surface area contributed by atoms with Gasteiger partial charge in [-0.2, -0.15) is 0 Å². The van der Waals surface area contributed by atoms with Crippen molar-refractivity contribution in [1.29, 1.82) is 0 Å². The van der Waals surface area contributed by atoms with Crippen molar-refractivity contribution < 1.29 is 4.79 Å². The van der Waals surface area contributed by atoms with Crippen molar-refractivity contribution in [2.24, 2.45) is 0 Å². The Morgan fingerprint density at radius 1 is 1.27 bits per heavy atom. The Balaban J connectivity index is 2.01. The molecule has 1 heterocycles. The van der Waals surface area contributed by atoms with Gasteiger partial charge in [-0.3, -0.25) is 4.79 Å². The fourth-order valence-corrected chi connectivity index (χ4v) is 2.08. The lowest BCUT2D eigenvalue weighted by Crippen LogP contribution is -2.24. The summed E-state index contributed by atoms with van der Waals surface area (Å²) in [6, 6.07) is 7.82. The van der Waals surface area contributed by atoms with E-state index >= 15 is 0 Å². The zero-order valence-electron chi connectivity index (χ0n) is 8.58. The maximum Gasteiger partial charge on any atom is 0.254 e. The third-order valence-corrected chi connectivity index (χ3v) is 2.98. The molecular formula is C12H14ClNO. The largest absolute Gasteiger partial charge is 0.334 e. The fourth-order valence-electron chi connectivity index (χ4n) is 1.89. The lowest BCUT2D eigenvalue weighted by Gasteiger charge is -2.14. The number of hydrogen-bond acceptors (Lipinski definition) is 1. The molecule has 1 aromatic carbocycles. The molecule has 3 heteroatoms. The van der Waals surface area contributed by atoms with Crippen LogP contribution in [-0.2, 0) is 6.54 Å². The quantitative estimate of drug-likeness (QED) is 0.568. The summed E-state index contributed by atoms with van der Waals surface area (Å²) in [4.78, 5) is 13.8. The number of benzene rings is 1. The van der Waals surface area contributed by atoms with Crippen LogP contribution in [0.15, 0.2) is 24.3 Å². The Morgan fingerprint density at radius 2 is 2.07 bits per heavy atom. The summed E-state index contributed by atoms with van der Waals surface area (Å²) in [6.45, 7) is 1.58. The number of halogens is 1. The Morgan fingerprint density at radius 3 is 2.80 bits per heavy atom. The van der Waals surface area contributed by atoms with Crippen molar-refractivity contribution in [3.05, 3.63) is 35.4 Å². The summed E-state index contributed by atoms with van der Waals surface area (Å²) in [7, 11) is 0. The second-order valence-corrected chi connectivity index (χ2v) is 4.16. The van der Waals surface area contributed by atoms with E-state index in [1.165, 1.54) is 0 Å². The molecule has 0 aliphatic carbocycles. The molecule has 80 valence electrons. The zero-order valence-corrected chi connectivity index (χ0v) is 9.33. The van der Waals surface area contributed by atoms with E-state index in [-0.39, 0.29) is 5.91 Å². The van der Waals surface area contributed by atoms with Gasteiger partial charge in [0.15, 0.2) is 0 Å². The van der Waals surface area contributed by atoms with Crippen molar-refractivity contribution >= 4 is 17.5 Å². The molecule has 0 saturated carbocycles. The van der Waals surface area contributed by atoms with Gasteiger partial charge < -0.3 is 4.90 Å². The van der Waals surface area contributed by atoms with E-state index in [0.29, 0.717) is 5.88 Å². The molecule has 0 radical (unpaired) electrons. The van der Waals surface area contributed by atoms with Gasteiger partial charge in [-0.1, -0.05) is 18.2 Å². The van der Waals surface area contributed by atoms with Crippen LogP contribution in [0.2, 0.25) is 0 Å². The average Bonchev–Trinajstić information content (AvgIpc) is 2.57. The predicted octanol–water partition coefficient (Wildman–Crippen LogP) is 2.66. The first-order valence-corrected chi connectivity index (χ1v) is 5.79. The van der Waals surface area contributed by atoms with E-state index in [4.69, 9.17) is 11.6 Å². The first-order chi connectivity index (χ1) is 7.33. The lowest BCUT2D eigenvalue weighted by atomic mass is 10.1. The molecule has 0 N–H and O–H groups in total. The molecule has 1 amide bonds. The number of amides is 1. The molecule has 0 atom stereocenters. The third-order valence-electron chi connectivity index (χ3n) is 2.71. The van der Waals surface area contributed by atoms with E-state index in [9.17, 15) is 4.79 Å². The van der Waals surface area contributed by atoms with Gasteiger partial charge >= 0.3 is 0 Å². The fraction of sp³-hybridized carbons (Fsp3) is 0.417. The minimum absolute atomic E-state index is 0.167. The molecule has 1 aromatic rings. The number of fused-ring (bicyclic) bond motifs is 1. The van der Waals surface area contributed by atoms with Crippen molar-refractivity contribution in [2.75, 3.05) is 12.4 Å². The van der Waals surface area contributed by atoms with Crippen molar-refractivity contribution in [3.8, 4) is 0 Å². The van der Waals surface area contributed by atoms with Crippen LogP contribution in [0.1, 0.15) is 28.8 Å². The molecule has 0 aromatic heterocycles. The highest BCUT2D eigenvalue weighted by atomic mass is 35.5. The predicted molar refractivity (Wildman–Crippen MR) is 61.1 cm³/mol. The molecule has 0 unspecified atom stereocenters. The minimum Gasteiger partial charge on any atom is -0.334 e. The van der Waals surface area contributed by atoms with Gasteiger partial charge in [-0.15, -0.1) is 11.6 Å². The van der Waals surface area contributed by atoms with Gasteiger partial charge in [-0.25, -0.2) is 0 Å². The van der Waals surface area contributed by atoms with Gasteiger partial charge in [0.2, 0.25) is 0 Å². The monoisotopic (exact) mass is 223 g/mol. The SMILES string of the molecule is O=C1c2ccccc2CN1CCCCCl. The summed E-state index contributed by atoms with van der Waals surface area (Å²) in [5, 5.41) is 0. The van der Waals surface area contributed by atoms with Crippen LogP contribution in [0.3, 0.4) is 0 Å². The number of carbonyl (C=O) groups is 1. The van der Waals surface area contributed by atoms with E-state index in [2.05, 4.69) is 0 Å². The smallest absolute Gasteiger partial charge is 0.254 e. The Hall–Kier alpha value is -1.02. The second kappa shape index (κ2) is 4.67. The van der Waals surface area contributed by atoms with Crippen LogP contribution < -0.4 is 0 Å². The van der Waals surface area contributed by atoms with E-state index in [0.717, 1.165) is 37.1 Å². The molecule has 2 rings (SSSR count). The molecule has 1 aliphatic rings. The van der Waals surface area contributed by atoms with Crippen molar-refractivity contribution in [1.82, 2.24) is 4.90 Å². The summed E-state index contributed by atoms with van der Waals surface area (Å²) < 4.78 is 0. The summed E-state index contributed by atoms with van der Waals surface area (Å²) in [6.07, 6.45) is 1.96. The number of rotatable bonds is 4. The lowest BCUT2D eigenvalue weighted by molar-refractivity contribution is 0.0776. The Kier molecular flexibility index (Phi) is 3.27. The van der Waals surface area contributed by atoms with Crippen LogP contribution in [0.5, 0.6) is 0 Å². The van der Waals surface area contributed by atoms with Gasteiger partial charge in [-0.05, 0) is 24.5 Å². The second-order valence-electron chi connectivity index (χ2n) is 3.78. The molecule has 0 saturated heterocycles. The summed E-state index contributed by atoms with van der Waals surface area (Å²) in [5.41, 5.74) is 2.01.